The summed E-state index contributed by atoms with van der Waals surface area (Å²) in [6, 6.07) is -0.800. The molecule has 39 heavy (non-hydrogen) atoms. The standard InChI is InChI=1S/C24H40BN5O7SSi/c1-12(2)15(29-25(9)33)20(31)36-17-16-13(11-34-39(37-16,23(3,4)5)24(6,7)8)35-19(17)30-18-14(38-22(30)32)10-27-21(26)28-18/h10,12-13,15-17,19,29,33H,11H2,1-9H3,(H2,26,27,28)/t13-,15+,16+,17-,19-/m1/s1. The summed E-state index contributed by atoms with van der Waals surface area (Å²) in [7, 11) is -3.92. The number of anilines is 1. The summed E-state index contributed by atoms with van der Waals surface area (Å²) in [5, 5.41) is 12.2. The molecular formula is C24H40BN5O7SSi. The summed E-state index contributed by atoms with van der Waals surface area (Å²) in [6.45, 7) is 18.0. The minimum absolute atomic E-state index is 0.00508. The molecule has 4 N–H and O–H groups in total. The lowest BCUT2D eigenvalue weighted by Gasteiger charge is -2.53. The maximum Gasteiger partial charge on any atom is 0.374 e. The molecule has 4 heterocycles. The predicted octanol–water partition coefficient (Wildman–Crippen LogP) is 2.43. The van der Waals surface area contributed by atoms with E-state index in [1.54, 1.807) is 0 Å². The fourth-order valence-electron chi connectivity index (χ4n) is 5.73. The van der Waals surface area contributed by atoms with Gasteiger partial charge in [-0.15, -0.1) is 0 Å². The van der Waals surface area contributed by atoms with E-state index in [-0.39, 0.29) is 33.4 Å². The van der Waals surface area contributed by atoms with Crippen molar-refractivity contribution in [1.29, 1.82) is 0 Å². The predicted molar refractivity (Wildman–Crippen MR) is 151 cm³/mol. The highest BCUT2D eigenvalue weighted by Crippen LogP contribution is 2.56. The van der Waals surface area contributed by atoms with Crippen LogP contribution in [0.2, 0.25) is 16.9 Å². The van der Waals surface area contributed by atoms with Gasteiger partial charge in [0.1, 0.15) is 18.2 Å². The Kier molecular flexibility index (Phi) is 8.11. The van der Waals surface area contributed by atoms with Crippen LogP contribution in [0.3, 0.4) is 0 Å². The van der Waals surface area contributed by atoms with E-state index in [0.717, 1.165) is 11.3 Å². The van der Waals surface area contributed by atoms with E-state index in [1.807, 2.05) is 13.8 Å². The molecule has 216 valence electrons. The second kappa shape index (κ2) is 10.5. The highest BCUT2D eigenvalue weighted by molar-refractivity contribution is 7.16. The van der Waals surface area contributed by atoms with Crippen LogP contribution in [-0.2, 0) is 23.1 Å². The van der Waals surface area contributed by atoms with Gasteiger partial charge in [-0.2, -0.15) is 4.98 Å². The number of fused-ring (bicyclic) bond motifs is 2. The van der Waals surface area contributed by atoms with E-state index < -0.39 is 52.2 Å². The van der Waals surface area contributed by atoms with E-state index >= 15 is 0 Å². The molecule has 12 nitrogen and oxygen atoms in total. The summed E-state index contributed by atoms with van der Waals surface area (Å²) >= 11 is 0.954. The Balaban J connectivity index is 1.81. The number of esters is 1. The number of carbonyl (C=O) groups is 1. The maximum absolute atomic E-state index is 13.6. The zero-order valence-electron chi connectivity index (χ0n) is 24.0. The highest BCUT2D eigenvalue weighted by atomic mass is 32.1. The van der Waals surface area contributed by atoms with Gasteiger partial charge in [0, 0.05) is 10.1 Å². The molecule has 0 saturated carbocycles. The molecule has 2 fully saturated rings. The average molecular weight is 582 g/mol. The summed E-state index contributed by atoms with van der Waals surface area (Å²) in [4.78, 5) is 34.8. The van der Waals surface area contributed by atoms with Gasteiger partial charge in [-0.3, -0.25) is 14.2 Å². The van der Waals surface area contributed by atoms with Gasteiger partial charge in [0.2, 0.25) is 5.95 Å². The van der Waals surface area contributed by atoms with Crippen molar-refractivity contribution < 1.29 is 28.1 Å². The number of rotatable bonds is 6. The SMILES string of the molecule is CB(O)N[C@H](C(=O)O[C@@H]1[C@H]2O[Si](C(C)(C)C)(C(C)(C)C)OC[C@H]2O[C@H]1n1c(=O)sc2cnc(N)nc21)C(C)C. The molecule has 2 aromatic heterocycles. The lowest BCUT2D eigenvalue weighted by molar-refractivity contribution is -0.162. The summed E-state index contributed by atoms with van der Waals surface area (Å²) in [5.74, 6) is -0.764. The lowest BCUT2D eigenvalue weighted by Crippen LogP contribution is -2.65. The van der Waals surface area contributed by atoms with Crippen molar-refractivity contribution in [3.63, 3.8) is 0 Å². The van der Waals surface area contributed by atoms with Crippen LogP contribution in [0.25, 0.3) is 10.3 Å². The number of nitrogens with one attached hydrogen (secondary N) is 1. The normalized spacial score (nSPS) is 26.0. The topological polar surface area (TPSA) is 160 Å². The Bertz CT molecular complexity index is 1260. The fraction of sp³-hybridized carbons (Fsp3) is 0.750. The number of ether oxygens (including phenoxy) is 2. The lowest BCUT2D eigenvalue weighted by atomic mass is 9.85. The number of nitrogen functional groups attached to an aromatic ring is 1. The van der Waals surface area contributed by atoms with Crippen LogP contribution < -0.4 is 15.8 Å². The van der Waals surface area contributed by atoms with Crippen molar-refractivity contribution in [2.45, 2.75) is 103 Å². The van der Waals surface area contributed by atoms with Gasteiger partial charge < -0.3 is 34.3 Å². The van der Waals surface area contributed by atoms with Crippen molar-refractivity contribution in [1.82, 2.24) is 19.8 Å². The summed E-state index contributed by atoms with van der Waals surface area (Å²) in [6.07, 6.45) is -1.83. The average Bonchev–Trinajstić information content (AvgIpc) is 3.30. The second-order valence-electron chi connectivity index (χ2n) is 12.7. The van der Waals surface area contributed by atoms with Crippen LogP contribution >= 0.6 is 11.3 Å². The number of nitrogens with zero attached hydrogens (tertiary/aromatic N) is 3. The third-order valence-electron chi connectivity index (χ3n) is 7.24. The van der Waals surface area contributed by atoms with E-state index in [1.165, 1.54) is 17.6 Å². The van der Waals surface area contributed by atoms with Crippen LogP contribution in [0.1, 0.15) is 61.6 Å². The smallest absolute Gasteiger partial charge is 0.374 e. The van der Waals surface area contributed by atoms with Gasteiger partial charge in [-0.25, -0.2) is 4.98 Å². The van der Waals surface area contributed by atoms with Crippen LogP contribution in [-0.4, -0.2) is 72.1 Å². The number of thiazole rings is 1. The second-order valence-corrected chi connectivity index (χ2v) is 18.4. The van der Waals surface area contributed by atoms with Crippen molar-refractivity contribution in [3.8, 4) is 0 Å². The Hall–Kier alpha value is -1.88. The molecule has 0 aromatic carbocycles. The zero-order chi connectivity index (χ0) is 29.1. The first kappa shape index (κ1) is 30.1. The van der Waals surface area contributed by atoms with E-state index in [9.17, 15) is 14.6 Å². The molecule has 2 saturated heterocycles. The van der Waals surface area contributed by atoms with Crippen LogP contribution in [0.15, 0.2) is 11.0 Å². The van der Waals surface area contributed by atoms with Crippen LogP contribution in [0.4, 0.5) is 5.95 Å². The number of hydrogen-bond donors (Lipinski definition) is 3. The molecule has 0 aliphatic carbocycles. The molecule has 4 rings (SSSR count). The van der Waals surface area contributed by atoms with Crippen LogP contribution in [0.5, 0.6) is 0 Å². The minimum Gasteiger partial charge on any atom is -0.454 e. The first-order valence-corrected chi connectivity index (χ1v) is 15.9. The molecule has 5 atom stereocenters. The number of carbonyl (C=O) groups excluding carboxylic acids is 1. The quantitative estimate of drug-likeness (QED) is 0.340. The first-order chi connectivity index (χ1) is 18.0. The van der Waals surface area contributed by atoms with Gasteiger partial charge in [0.15, 0.2) is 18.0 Å². The molecule has 15 heteroatoms. The van der Waals surface area contributed by atoms with Gasteiger partial charge >= 0.3 is 26.5 Å². The molecular weight excluding hydrogens is 541 g/mol. The Morgan fingerprint density at radius 3 is 2.51 bits per heavy atom. The highest BCUT2D eigenvalue weighted by Gasteiger charge is 2.66. The van der Waals surface area contributed by atoms with Crippen LogP contribution in [0, 0.1) is 5.92 Å². The molecule has 2 aromatic rings. The molecule has 2 aliphatic rings. The Labute approximate surface area is 234 Å². The van der Waals surface area contributed by atoms with Gasteiger partial charge in [-0.05, 0) is 12.7 Å². The molecule has 0 bridgehead atoms. The summed E-state index contributed by atoms with van der Waals surface area (Å²) in [5.41, 5.74) is 6.15. The first-order valence-electron chi connectivity index (χ1n) is 13.2. The molecule has 0 spiro atoms. The third kappa shape index (κ3) is 5.42. The third-order valence-corrected chi connectivity index (χ3v) is 13.2. The van der Waals surface area contributed by atoms with Gasteiger partial charge in [-0.1, -0.05) is 66.7 Å². The Morgan fingerprint density at radius 1 is 1.31 bits per heavy atom. The summed E-state index contributed by atoms with van der Waals surface area (Å²) < 4.78 is 28.0. The fourth-order valence-corrected chi connectivity index (χ4v) is 11.5. The number of nitrogens with two attached hydrogens (primary N) is 1. The number of hydrogen-bond acceptors (Lipinski definition) is 12. The molecule has 0 unspecified atom stereocenters. The van der Waals surface area contributed by atoms with Crippen molar-refractivity contribution in [2.24, 2.45) is 5.92 Å². The van der Waals surface area contributed by atoms with E-state index in [0.29, 0.717) is 10.3 Å². The van der Waals surface area contributed by atoms with Gasteiger partial charge in [0.25, 0.3) is 0 Å². The van der Waals surface area contributed by atoms with E-state index in [2.05, 4.69) is 56.7 Å². The Morgan fingerprint density at radius 2 is 1.95 bits per heavy atom. The van der Waals surface area contributed by atoms with E-state index in [4.69, 9.17) is 24.1 Å². The minimum atomic E-state index is -2.99. The number of aromatic nitrogens is 3. The maximum atomic E-state index is 13.6. The zero-order valence-corrected chi connectivity index (χ0v) is 25.9. The van der Waals surface area contributed by atoms with Crippen molar-refractivity contribution >= 4 is 49.2 Å². The molecule has 0 radical (unpaired) electrons. The largest absolute Gasteiger partial charge is 0.454 e. The van der Waals surface area contributed by atoms with Crippen molar-refractivity contribution in [2.75, 3.05) is 12.3 Å². The molecule has 0 amide bonds. The molecule has 2 aliphatic heterocycles. The monoisotopic (exact) mass is 581 g/mol. The van der Waals surface area contributed by atoms with Crippen molar-refractivity contribution in [3.05, 3.63) is 15.9 Å². The van der Waals surface area contributed by atoms with Gasteiger partial charge in [0.05, 0.1) is 17.5 Å².